The molecular formula is C96H193N40OP5. The van der Waals surface area contributed by atoms with Crippen LogP contribution >= 0.6 is 37.9 Å². The summed E-state index contributed by atoms with van der Waals surface area (Å²) in [6.07, 6.45) is 55.7. The maximum Gasteiger partial charge on any atom is 0.503 e. The Kier molecular flexibility index (Phi) is 36.0. The molecule has 0 saturated carbocycles. The molecule has 0 radical (unpaired) electrons. The first kappa shape index (κ1) is 105. The molecule has 46 heteroatoms. The van der Waals surface area contributed by atoms with Crippen LogP contribution in [0.2, 0.25) is 0 Å². The predicted molar refractivity (Wildman–Crippen MR) is 568 cm³/mol. The fraction of sp³-hybridized carbons (Fsp3) is 1.00. The van der Waals surface area contributed by atoms with Crippen molar-refractivity contribution in [3.63, 3.8) is 0 Å². The second-order valence-electron chi connectivity index (χ2n) is 46.1. The van der Waals surface area contributed by atoms with Gasteiger partial charge in [-0.1, -0.05) is 0 Å². The monoisotopic (exact) mass is 2080 g/mol. The first-order chi connectivity index (χ1) is 69.9. The fourth-order valence-electron chi connectivity index (χ4n) is 29.4. The maximum absolute atomic E-state index is 9.24. The largest absolute Gasteiger partial charge is 0.870 e. The highest BCUT2D eigenvalue weighted by Crippen LogP contribution is 2.91. The summed E-state index contributed by atoms with van der Waals surface area (Å²) < 4.78 is 37.0. The van der Waals surface area contributed by atoms with Crippen LogP contribution < -0.4 is 0 Å². The van der Waals surface area contributed by atoms with Gasteiger partial charge in [-0.3, -0.25) is 0 Å². The lowest BCUT2D eigenvalue weighted by atomic mass is 10.4. The molecule has 0 aliphatic carbocycles. The highest BCUT2D eigenvalue weighted by Gasteiger charge is 2.73. The lowest BCUT2D eigenvalue weighted by Crippen LogP contribution is -2.65. The molecule has 0 spiro atoms. The minimum absolute atomic E-state index is 0. The van der Waals surface area contributed by atoms with Gasteiger partial charge >= 0.3 is 7.87 Å². The molecule has 24 fully saturated rings. The van der Waals surface area contributed by atoms with Gasteiger partial charge in [0.1, 0.15) is 0 Å². The SMILES string of the molecule is C1CCN(N(N2CCCC2)P(=N[P+](N=P(N(N2CCCC2)N2CCCC2)(N(N2CCCC2)N2CCCC2)N(N2CCCC2)N2CCCC2)(N=P(N(N2CCCC2)N2CCCC2)(N(N2CCCC2)N2CCCC2)N(N2CCCC2)N2CCCC2)N=P(N(N2CCCC2)N2CCCC2)(N(N2CCCC2)N2CCCC2)N(N2CCCC2)N2CCCC2)(N(N2CCCC2)N2CCCC2)N(N2CCCC2)N2CCCC2)C1.[OH-]. The van der Waals surface area contributed by atoms with Gasteiger partial charge in [0.15, 0.2) is 0 Å². The van der Waals surface area contributed by atoms with Gasteiger partial charge in [0, 0.05) is 314 Å². The Labute approximate surface area is 857 Å². The van der Waals surface area contributed by atoms with Crippen LogP contribution in [-0.4, -0.2) is 498 Å². The van der Waals surface area contributed by atoms with Gasteiger partial charge in [-0.15, -0.1) is 58.7 Å². The lowest BCUT2D eigenvalue weighted by Gasteiger charge is -2.60. The van der Waals surface area contributed by atoms with Crippen molar-refractivity contribution >= 4 is 37.9 Å². The number of nitrogens with zero attached hydrogens (tertiary/aromatic N) is 40. The van der Waals surface area contributed by atoms with Crippen LogP contribution in [0.25, 0.3) is 0 Å². The molecule has 1 N–H and O–H groups in total. The Morgan fingerprint density at radius 1 is 0.0986 bits per heavy atom. The van der Waals surface area contributed by atoms with Crippen molar-refractivity contribution in [2.75, 3.05) is 314 Å². The van der Waals surface area contributed by atoms with E-state index in [2.05, 4.69) is 179 Å². The summed E-state index contributed by atoms with van der Waals surface area (Å²) in [5.74, 6) is 0. The van der Waals surface area contributed by atoms with Crippen molar-refractivity contribution in [2.24, 2.45) is 18.1 Å². The normalized spacial score (nSPS) is 29.5. The molecular weight excluding hydrogens is 1880 g/mol. The van der Waals surface area contributed by atoms with Crippen LogP contribution in [-0.2, 0) is 0 Å². The Morgan fingerprint density at radius 3 is 0.197 bits per heavy atom. The standard InChI is InChI=1S/C96H192N40P5.H2O/c1-2-50-101(49-1)125(102-51-3-4-52-102)138(126(103-53-5-6-54-103)104-55-7-8-56-104,127(105-57-9-10-58-105)106-59-11-12-60-106)97-137(98-139(128(107-61-13-14-62-107)108-63-15-16-64-108,129(109-65-17-18-66-109)110-67-19-20-68-110)130(111-69-21-22-70-111)112-71-23-24-72-112,99-140(131(113-73-25-26-74-113)114-75-27-28-76-114,132(115-77-29-30-78-115)116-79-31-32-80-116)133(117-81-33-34-82-117)118-83-35-36-84-118)100-141(134(119-85-37-38-86-119)120-87-39-40-88-120,135(121-89-41-42-90-121)122-91-43-44-92-122)136(123-93-45-46-94-123)124-95-47-48-96-124;/h1-96H2;1H2/q+1;/p-1. The summed E-state index contributed by atoms with van der Waals surface area (Å²) in [5, 5.41) is 74.2. The second-order valence-corrected chi connectivity index (χ2v) is 58.6. The van der Waals surface area contributed by atoms with Gasteiger partial charge < -0.3 is 5.48 Å². The van der Waals surface area contributed by atoms with Crippen LogP contribution in [0.1, 0.15) is 308 Å². The third kappa shape index (κ3) is 20.8. The fourth-order valence-corrected chi connectivity index (χ4v) is 54.9. The van der Waals surface area contributed by atoms with Crippen LogP contribution in [0, 0.1) is 0 Å². The zero-order valence-corrected chi connectivity index (χ0v) is 92.9. The molecule has 0 aromatic carbocycles. The number of rotatable bonds is 40. The number of hydrogen-bond acceptors (Lipinski definition) is 29. The van der Waals surface area contributed by atoms with E-state index in [0.29, 0.717) is 0 Å². The molecule has 0 amide bonds. The molecule has 0 aromatic heterocycles. The van der Waals surface area contributed by atoms with Crippen LogP contribution in [0.3, 0.4) is 0 Å². The van der Waals surface area contributed by atoms with Gasteiger partial charge in [-0.2, -0.15) is 0 Å². The van der Waals surface area contributed by atoms with Crippen molar-refractivity contribution in [3.8, 4) is 0 Å². The summed E-state index contributed by atoms with van der Waals surface area (Å²) in [6.45, 7) is 47.5. The molecule has 41 nitrogen and oxygen atoms in total. The molecule has 24 aliphatic heterocycles. The van der Waals surface area contributed by atoms with E-state index in [0.717, 1.165) is 622 Å². The third-order valence-corrected chi connectivity index (χ3v) is 55.4. The van der Waals surface area contributed by atoms with Crippen LogP contribution in [0.4, 0.5) is 0 Å². The average molecular weight is 2080 g/mol. The van der Waals surface area contributed by atoms with E-state index in [9.17, 15) is 18.1 Å². The molecule has 24 aliphatic rings. The summed E-state index contributed by atoms with van der Waals surface area (Å²) in [6, 6.07) is 0. The Bertz CT molecular complexity index is 3020. The van der Waals surface area contributed by atoms with Crippen molar-refractivity contribution in [2.45, 2.75) is 308 Å². The van der Waals surface area contributed by atoms with E-state index in [1.807, 2.05) is 0 Å². The second kappa shape index (κ2) is 48.7. The Balaban J connectivity index is 0.0000112. The lowest BCUT2D eigenvalue weighted by molar-refractivity contribution is -0.177. The highest BCUT2D eigenvalue weighted by atomic mass is 31.3. The van der Waals surface area contributed by atoms with E-state index in [1.165, 1.54) is 0 Å². The quantitative estimate of drug-likeness (QED) is 0.0525. The Morgan fingerprint density at radius 2 is 0.148 bits per heavy atom. The topological polar surface area (TPSA) is 196 Å². The summed E-state index contributed by atoms with van der Waals surface area (Å²) >= 11 is 0. The van der Waals surface area contributed by atoms with Crippen LogP contribution in [0.5, 0.6) is 0 Å². The maximum atomic E-state index is 9.24. The van der Waals surface area contributed by atoms with Gasteiger partial charge in [0.05, 0.1) is 0 Å². The molecule has 142 heavy (non-hydrogen) atoms. The van der Waals surface area contributed by atoms with Gasteiger partial charge in [-0.05, 0) is 326 Å². The molecule has 24 saturated heterocycles. The molecule has 0 bridgehead atoms. The van der Waals surface area contributed by atoms with E-state index >= 15 is 0 Å². The van der Waals surface area contributed by atoms with E-state index < -0.39 is 37.9 Å². The third-order valence-electron chi connectivity index (χ3n) is 35.9. The first-order valence-electron chi connectivity index (χ1n) is 60.0. The molecule has 0 unspecified atom stereocenters. The van der Waals surface area contributed by atoms with Crippen molar-refractivity contribution in [1.29, 1.82) is 0 Å². The smallest absolute Gasteiger partial charge is 0.503 e. The summed E-state index contributed by atoms with van der Waals surface area (Å²) in [4.78, 5) is 39.1. The summed E-state index contributed by atoms with van der Waals surface area (Å²) in [5.41, 5.74) is 0. The molecule has 808 valence electrons. The van der Waals surface area contributed by atoms with Crippen molar-refractivity contribution < 1.29 is 5.48 Å². The minimum Gasteiger partial charge on any atom is -0.870 e. The molecule has 0 aromatic rings. The van der Waals surface area contributed by atoms with Crippen LogP contribution in [0.15, 0.2) is 18.1 Å². The zero-order chi connectivity index (χ0) is 94.0. The van der Waals surface area contributed by atoms with Gasteiger partial charge in [0.2, 0.25) is 0 Å². The van der Waals surface area contributed by atoms with Gasteiger partial charge in [-0.25, -0.2) is 120 Å². The minimum atomic E-state index is -5.04. The van der Waals surface area contributed by atoms with Crippen molar-refractivity contribution in [3.05, 3.63) is 0 Å². The average Bonchev–Trinajstić information content (AvgIpc) is 1.26. The van der Waals surface area contributed by atoms with Gasteiger partial charge in [0.25, 0.3) is 30.0 Å². The predicted octanol–water partition coefficient (Wildman–Crippen LogP) is 14.2. The Hall–Kier alpha value is -0.130. The van der Waals surface area contributed by atoms with Crippen molar-refractivity contribution in [1.82, 2.24) is 179 Å². The summed E-state index contributed by atoms with van der Waals surface area (Å²) in [7, 11) is -21.6. The highest BCUT2D eigenvalue weighted by molar-refractivity contribution is 7.87. The first-order valence-corrected chi connectivity index (χ1v) is 68.0. The molecule has 24 rings (SSSR count). The number of hydrazine groups is 24. The van der Waals surface area contributed by atoms with E-state index in [-0.39, 0.29) is 5.48 Å². The van der Waals surface area contributed by atoms with E-state index in [1.54, 1.807) is 0 Å². The van der Waals surface area contributed by atoms with E-state index in [4.69, 9.17) is 0 Å². The molecule has 0 atom stereocenters. The number of hydrogen-bond donors (Lipinski definition) is 0. The molecule has 24 heterocycles. The zero-order valence-electron chi connectivity index (χ0n) is 88.5.